The monoisotopic (exact) mass is 277 g/mol. The number of para-hydroxylation sites is 1. The molecule has 0 bridgehead atoms. The number of nitrogens with one attached hydrogen (secondary N) is 1. The summed E-state index contributed by atoms with van der Waals surface area (Å²) >= 11 is 6.14. The largest absolute Gasteiger partial charge is 0.346 e. The molecule has 6 heteroatoms. The van der Waals surface area contributed by atoms with Crippen LogP contribution in [0.2, 0.25) is 0 Å². The van der Waals surface area contributed by atoms with Crippen LogP contribution in [0.1, 0.15) is 25.7 Å². The summed E-state index contributed by atoms with van der Waals surface area (Å²) in [5, 5.41) is 15.3. The fourth-order valence-corrected chi connectivity index (χ4v) is 2.92. The highest BCUT2D eigenvalue weighted by molar-refractivity contribution is 6.18. The number of anilines is 1. The molecule has 1 N–H and O–H groups in total. The van der Waals surface area contributed by atoms with E-state index in [-0.39, 0.29) is 5.54 Å². The molecular weight excluding hydrogens is 262 g/mol. The second-order valence-electron chi connectivity index (χ2n) is 5.00. The maximum Gasteiger partial charge on any atom is 0.248 e. The first kappa shape index (κ1) is 12.4. The van der Waals surface area contributed by atoms with Crippen LogP contribution in [0.3, 0.4) is 0 Å². The van der Waals surface area contributed by atoms with Crippen LogP contribution in [0.4, 0.5) is 5.95 Å². The molecule has 0 aliphatic heterocycles. The molecule has 100 valence electrons. The standard InChI is InChI=1S/C13H16ClN5/c14-10-13(8-4-5-9-13)15-12-16-17-18-19(12)11-6-2-1-3-7-11/h1-3,6-7H,4-5,8-10H2,(H,15,16,18). The molecule has 0 saturated heterocycles. The van der Waals surface area contributed by atoms with Crippen LogP contribution in [0.25, 0.3) is 5.69 Å². The van der Waals surface area contributed by atoms with Crippen molar-refractivity contribution in [2.75, 3.05) is 11.2 Å². The van der Waals surface area contributed by atoms with E-state index in [0.717, 1.165) is 18.5 Å². The predicted molar refractivity (Wildman–Crippen MR) is 74.7 cm³/mol. The number of benzene rings is 1. The van der Waals surface area contributed by atoms with Crippen LogP contribution in [0, 0.1) is 0 Å². The first-order chi connectivity index (χ1) is 9.33. The molecule has 0 spiro atoms. The van der Waals surface area contributed by atoms with Gasteiger partial charge < -0.3 is 5.32 Å². The predicted octanol–water partition coefficient (Wildman–Crippen LogP) is 2.63. The Labute approximate surface area is 117 Å². The van der Waals surface area contributed by atoms with Crippen molar-refractivity contribution in [1.29, 1.82) is 0 Å². The van der Waals surface area contributed by atoms with E-state index in [9.17, 15) is 0 Å². The zero-order valence-electron chi connectivity index (χ0n) is 10.6. The van der Waals surface area contributed by atoms with Gasteiger partial charge >= 0.3 is 0 Å². The molecule has 5 nitrogen and oxygen atoms in total. The summed E-state index contributed by atoms with van der Waals surface area (Å²) in [6, 6.07) is 9.85. The van der Waals surface area contributed by atoms with Crippen molar-refractivity contribution in [2.45, 2.75) is 31.2 Å². The molecule has 3 rings (SSSR count). The molecule has 1 aromatic heterocycles. The number of halogens is 1. The molecular formula is C13H16ClN5. The second-order valence-corrected chi connectivity index (χ2v) is 5.26. The van der Waals surface area contributed by atoms with E-state index < -0.39 is 0 Å². The lowest BCUT2D eigenvalue weighted by Gasteiger charge is -2.27. The van der Waals surface area contributed by atoms with Crippen molar-refractivity contribution in [2.24, 2.45) is 0 Å². The summed E-state index contributed by atoms with van der Waals surface area (Å²) in [6.07, 6.45) is 4.54. The summed E-state index contributed by atoms with van der Waals surface area (Å²) in [7, 11) is 0. The first-order valence-corrected chi connectivity index (χ1v) is 7.04. The third-order valence-electron chi connectivity index (χ3n) is 3.66. The first-order valence-electron chi connectivity index (χ1n) is 6.51. The molecule has 1 saturated carbocycles. The summed E-state index contributed by atoms with van der Waals surface area (Å²) in [5.74, 6) is 1.24. The normalized spacial score (nSPS) is 17.5. The van der Waals surface area contributed by atoms with Gasteiger partial charge in [-0.2, -0.15) is 4.68 Å². The van der Waals surface area contributed by atoms with Gasteiger partial charge in [0, 0.05) is 5.88 Å². The average molecular weight is 278 g/mol. The van der Waals surface area contributed by atoms with Crippen LogP contribution in [-0.2, 0) is 0 Å². The Morgan fingerprint density at radius 3 is 2.63 bits per heavy atom. The highest BCUT2D eigenvalue weighted by atomic mass is 35.5. The van der Waals surface area contributed by atoms with Gasteiger partial charge in [0.2, 0.25) is 5.95 Å². The van der Waals surface area contributed by atoms with Gasteiger partial charge in [0.05, 0.1) is 11.2 Å². The van der Waals surface area contributed by atoms with E-state index >= 15 is 0 Å². The summed E-state index contributed by atoms with van der Waals surface area (Å²) in [4.78, 5) is 0. The van der Waals surface area contributed by atoms with E-state index in [0.29, 0.717) is 11.8 Å². The number of tetrazole rings is 1. The summed E-state index contributed by atoms with van der Waals surface area (Å²) < 4.78 is 1.71. The number of nitrogens with zero attached hydrogens (tertiary/aromatic N) is 4. The SMILES string of the molecule is ClCC1(Nc2nnnn2-c2ccccc2)CCCC1. The maximum atomic E-state index is 6.14. The van der Waals surface area contributed by atoms with Crippen molar-refractivity contribution in [3.8, 4) is 5.69 Å². The Morgan fingerprint density at radius 2 is 1.95 bits per heavy atom. The van der Waals surface area contributed by atoms with Crippen LogP contribution in [0.5, 0.6) is 0 Å². The van der Waals surface area contributed by atoms with Gasteiger partial charge in [-0.3, -0.25) is 0 Å². The Balaban J connectivity index is 1.88. The third-order valence-corrected chi connectivity index (χ3v) is 4.18. The smallest absolute Gasteiger partial charge is 0.248 e. The van der Waals surface area contributed by atoms with Crippen molar-refractivity contribution in [1.82, 2.24) is 20.2 Å². The lowest BCUT2D eigenvalue weighted by Crippen LogP contribution is -2.38. The molecule has 0 radical (unpaired) electrons. The zero-order valence-corrected chi connectivity index (χ0v) is 11.3. The van der Waals surface area contributed by atoms with Crippen LogP contribution in [0.15, 0.2) is 30.3 Å². The highest BCUT2D eigenvalue weighted by Crippen LogP contribution is 2.33. The van der Waals surface area contributed by atoms with Gasteiger partial charge in [-0.1, -0.05) is 36.1 Å². The van der Waals surface area contributed by atoms with E-state index in [1.165, 1.54) is 12.8 Å². The fraction of sp³-hybridized carbons (Fsp3) is 0.462. The van der Waals surface area contributed by atoms with Crippen molar-refractivity contribution in [3.05, 3.63) is 30.3 Å². The van der Waals surface area contributed by atoms with Gasteiger partial charge in [0.1, 0.15) is 0 Å². The van der Waals surface area contributed by atoms with E-state index in [1.807, 2.05) is 30.3 Å². The minimum absolute atomic E-state index is 0.0667. The molecule has 1 aliphatic rings. The molecule has 2 aromatic rings. The molecule has 0 atom stereocenters. The number of rotatable bonds is 4. The fourth-order valence-electron chi connectivity index (χ4n) is 2.59. The molecule has 0 amide bonds. The summed E-state index contributed by atoms with van der Waals surface area (Å²) in [5.41, 5.74) is 0.876. The maximum absolute atomic E-state index is 6.14. The van der Waals surface area contributed by atoms with Crippen LogP contribution >= 0.6 is 11.6 Å². The lowest BCUT2D eigenvalue weighted by atomic mass is 10.0. The Morgan fingerprint density at radius 1 is 1.21 bits per heavy atom. The van der Waals surface area contributed by atoms with E-state index in [4.69, 9.17) is 11.6 Å². The van der Waals surface area contributed by atoms with Gasteiger partial charge in [-0.25, -0.2) is 0 Å². The van der Waals surface area contributed by atoms with E-state index in [1.54, 1.807) is 4.68 Å². The number of hydrogen-bond donors (Lipinski definition) is 1. The quantitative estimate of drug-likeness (QED) is 0.873. The molecule has 19 heavy (non-hydrogen) atoms. The Hall–Kier alpha value is -1.62. The van der Waals surface area contributed by atoms with Gasteiger partial charge in [-0.15, -0.1) is 11.6 Å². The summed E-state index contributed by atoms with van der Waals surface area (Å²) in [6.45, 7) is 0. The van der Waals surface area contributed by atoms with Crippen LogP contribution in [-0.4, -0.2) is 31.6 Å². The zero-order chi connectivity index (χ0) is 13.1. The van der Waals surface area contributed by atoms with Gasteiger partial charge in [0.25, 0.3) is 0 Å². The Kier molecular flexibility index (Phi) is 3.38. The van der Waals surface area contributed by atoms with Crippen molar-refractivity contribution in [3.63, 3.8) is 0 Å². The van der Waals surface area contributed by atoms with Crippen molar-refractivity contribution >= 4 is 17.5 Å². The minimum atomic E-state index is -0.0667. The molecule has 1 aromatic carbocycles. The molecule has 0 unspecified atom stereocenters. The highest BCUT2D eigenvalue weighted by Gasteiger charge is 2.34. The number of aromatic nitrogens is 4. The lowest BCUT2D eigenvalue weighted by molar-refractivity contribution is 0.532. The molecule has 1 aliphatic carbocycles. The second kappa shape index (κ2) is 5.17. The molecule has 1 heterocycles. The molecule has 1 fully saturated rings. The Bertz CT molecular complexity index is 533. The average Bonchev–Trinajstić information content (AvgIpc) is 3.10. The minimum Gasteiger partial charge on any atom is -0.346 e. The number of alkyl halides is 1. The van der Waals surface area contributed by atoms with Gasteiger partial charge in [-0.05, 0) is 35.4 Å². The van der Waals surface area contributed by atoms with Crippen molar-refractivity contribution < 1.29 is 0 Å². The topological polar surface area (TPSA) is 55.6 Å². The van der Waals surface area contributed by atoms with Gasteiger partial charge in [0.15, 0.2) is 0 Å². The third kappa shape index (κ3) is 2.42. The number of hydrogen-bond acceptors (Lipinski definition) is 4. The van der Waals surface area contributed by atoms with Crippen LogP contribution < -0.4 is 5.32 Å². The van der Waals surface area contributed by atoms with E-state index in [2.05, 4.69) is 20.8 Å².